The van der Waals surface area contributed by atoms with Crippen molar-refractivity contribution in [3.05, 3.63) is 200 Å². The highest BCUT2D eigenvalue weighted by Gasteiger charge is 2.19. The normalized spacial score (nSPS) is 12.9. The molecule has 0 spiro atoms. The summed E-state index contributed by atoms with van der Waals surface area (Å²) >= 11 is 0. The molecule has 0 radical (unpaired) electrons. The molecular formula is C48H39N3. The molecule has 2 heterocycles. The van der Waals surface area contributed by atoms with Crippen molar-refractivity contribution in [2.75, 3.05) is 0 Å². The van der Waals surface area contributed by atoms with E-state index in [0.29, 0.717) is 5.82 Å². The van der Waals surface area contributed by atoms with Crippen LogP contribution in [-0.4, -0.2) is 9.13 Å². The van der Waals surface area contributed by atoms with Gasteiger partial charge in [-0.25, -0.2) is 0 Å². The maximum atomic E-state index is 7.25. The summed E-state index contributed by atoms with van der Waals surface area (Å²) in [4.78, 5) is 0. The van der Waals surface area contributed by atoms with Crippen LogP contribution in [0.3, 0.4) is 0 Å². The lowest BCUT2D eigenvalue weighted by Crippen LogP contribution is -2.07. The van der Waals surface area contributed by atoms with Crippen molar-refractivity contribution in [1.29, 1.82) is 0 Å². The number of fused-ring (bicyclic) bond motifs is 6. The van der Waals surface area contributed by atoms with Crippen molar-refractivity contribution in [3.8, 4) is 16.8 Å². The molecule has 0 amide bonds. The maximum Gasteiger partial charge on any atom is 0.108 e. The summed E-state index contributed by atoms with van der Waals surface area (Å²) in [6.07, 6.45) is 13.2. The molecule has 3 nitrogen and oxygen atoms in total. The van der Waals surface area contributed by atoms with E-state index in [-0.39, 0.29) is 0 Å². The van der Waals surface area contributed by atoms with Crippen LogP contribution in [0.25, 0.3) is 71.8 Å². The second kappa shape index (κ2) is 13.7. The monoisotopic (exact) mass is 657 g/mol. The number of rotatable bonds is 9. The lowest BCUT2D eigenvalue weighted by molar-refractivity contribution is 1.17. The van der Waals surface area contributed by atoms with Gasteiger partial charge in [0.1, 0.15) is 5.82 Å². The second-order valence-corrected chi connectivity index (χ2v) is 12.8. The van der Waals surface area contributed by atoms with Crippen LogP contribution < -0.4 is 5.73 Å². The zero-order valence-corrected chi connectivity index (χ0v) is 28.7. The number of para-hydroxylation sites is 4. The fourth-order valence-corrected chi connectivity index (χ4v) is 7.41. The van der Waals surface area contributed by atoms with Crippen LogP contribution in [0.2, 0.25) is 0 Å². The molecular weight excluding hydrogens is 619 g/mol. The average Bonchev–Trinajstić information content (AvgIpc) is 3.70. The Morgan fingerprint density at radius 2 is 1.31 bits per heavy atom. The Labute approximate surface area is 298 Å². The summed E-state index contributed by atoms with van der Waals surface area (Å²) in [5, 5.41) is 4.78. The first-order chi connectivity index (χ1) is 25.2. The van der Waals surface area contributed by atoms with E-state index < -0.39 is 0 Å². The van der Waals surface area contributed by atoms with Crippen LogP contribution in [-0.2, 0) is 0 Å². The third kappa shape index (κ3) is 5.79. The van der Waals surface area contributed by atoms with Gasteiger partial charge in [-0.2, -0.15) is 0 Å². The number of hydrogen-bond donors (Lipinski definition) is 1. The standard InChI is InChI=1S/C48H39N3/c1-3-16-34(17-4-2)28-29-36(35-18-7-5-8-19-35)33-47(49)51-45-27-14-11-22-40(45)42-25-15-24-39(48(42)51)37-30-31-46-43(32-37)41-23-12-13-26-44(41)50(46)38-20-9-6-10-21-38/h3-27,29-33H,1,28,49H2,2H3/b17-4-,34-16+,36-29+,47-33+. The van der Waals surface area contributed by atoms with Gasteiger partial charge in [0.2, 0.25) is 0 Å². The van der Waals surface area contributed by atoms with Crippen LogP contribution in [0.5, 0.6) is 0 Å². The topological polar surface area (TPSA) is 35.9 Å². The Balaban J connectivity index is 1.35. The molecule has 246 valence electrons. The summed E-state index contributed by atoms with van der Waals surface area (Å²) in [5.41, 5.74) is 18.6. The zero-order chi connectivity index (χ0) is 34.7. The molecule has 0 atom stereocenters. The third-order valence-corrected chi connectivity index (χ3v) is 9.63. The fourth-order valence-electron chi connectivity index (χ4n) is 7.41. The molecule has 0 saturated carbocycles. The lowest BCUT2D eigenvalue weighted by Gasteiger charge is -2.14. The summed E-state index contributed by atoms with van der Waals surface area (Å²) in [7, 11) is 0. The molecule has 3 heteroatoms. The molecule has 0 aliphatic carbocycles. The Morgan fingerprint density at radius 3 is 2.06 bits per heavy atom. The van der Waals surface area contributed by atoms with E-state index in [4.69, 9.17) is 5.73 Å². The van der Waals surface area contributed by atoms with Gasteiger partial charge >= 0.3 is 0 Å². The zero-order valence-electron chi connectivity index (χ0n) is 28.7. The van der Waals surface area contributed by atoms with Gasteiger partial charge in [-0.1, -0.05) is 146 Å². The number of nitrogens with two attached hydrogens (primary N) is 1. The fraction of sp³-hybridized carbons (Fsp3) is 0.0417. The van der Waals surface area contributed by atoms with Gasteiger partial charge in [0.25, 0.3) is 0 Å². The average molecular weight is 658 g/mol. The number of allylic oxidation sites excluding steroid dienone is 8. The van der Waals surface area contributed by atoms with Gasteiger partial charge in [0.15, 0.2) is 0 Å². The third-order valence-electron chi connectivity index (χ3n) is 9.63. The van der Waals surface area contributed by atoms with Gasteiger partial charge in [0.05, 0.1) is 22.1 Å². The first-order valence-electron chi connectivity index (χ1n) is 17.4. The number of aromatic nitrogens is 2. The molecule has 2 N–H and O–H groups in total. The summed E-state index contributed by atoms with van der Waals surface area (Å²) < 4.78 is 4.59. The Hall–Kier alpha value is -6.58. The summed E-state index contributed by atoms with van der Waals surface area (Å²) in [6.45, 7) is 5.96. The van der Waals surface area contributed by atoms with E-state index >= 15 is 0 Å². The van der Waals surface area contributed by atoms with Crippen molar-refractivity contribution < 1.29 is 0 Å². The quantitative estimate of drug-likeness (QED) is 0.154. The van der Waals surface area contributed by atoms with E-state index in [1.54, 1.807) is 0 Å². The van der Waals surface area contributed by atoms with E-state index in [9.17, 15) is 0 Å². The number of benzene rings is 6. The predicted octanol–water partition coefficient (Wildman–Crippen LogP) is 12.5. The first-order valence-corrected chi connectivity index (χ1v) is 17.4. The SMILES string of the molecule is C=C/C=C(\C=C/C)C/C=C(\C=C(/N)n1c2ccccc2c2cccc(-c3ccc4c(c3)c3ccccc3n4-c3ccccc3)c21)c1ccccc1. The predicted molar refractivity (Wildman–Crippen MR) is 220 cm³/mol. The molecule has 0 bridgehead atoms. The highest BCUT2D eigenvalue weighted by Crippen LogP contribution is 2.40. The Kier molecular flexibility index (Phi) is 8.53. The van der Waals surface area contributed by atoms with Crippen molar-refractivity contribution in [3.63, 3.8) is 0 Å². The van der Waals surface area contributed by atoms with Crippen LogP contribution >= 0.6 is 0 Å². The van der Waals surface area contributed by atoms with Crippen molar-refractivity contribution in [2.45, 2.75) is 13.3 Å². The molecule has 8 aromatic rings. The molecule has 51 heavy (non-hydrogen) atoms. The smallest absolute Gasteiger partial charge is 0.108 e. The van der Waals surface area contributed by atoms with Crippen LogP contribution in [0, 0.1) is 0 Å². The molecule has 0 saturated heterocycles. The highest BCUT2D eigenvalue weighted by molar-refractivity contribution is 6.16. The largest absolute Gasteiger partial charge is 0.385 e. The minimum absolute atomic E-state index is 0.658. The van der Waals surface area contributed by atoms with Crippen LogP contribution in [0.1, 0.15) is 18.9 Å². The molecule has 0 aliphatic heterocycles. The van der Waals surface area contributed by atoms with Gasteiger partial charge in [-0.05, 0) is 78.1 Å². The van der Waals surface area contributed by atoms with Gasteiger partial charge in [0, 0.05) is 32.8 Å². The molecule has 6 aromatic carbocycles. The minimum Gasteiger partial charge on any atom is -0.385 e. The van der Waals surface area contributed by atoms with E-state index in [1.807, 2.05) is 19.1 Å². The van der Waals surface area contributed by atoms with Crippen molar-refractivity contribution in [1.82, 2.24) is 9.13 Å². The lowest BCUT2D eigenvalue weighted by atomic mass is 9.99. The molecule has 0 aliphatic rings. The Bertz CT molecular complexity index is 2680. The summed E-state index contributed by atoms with van der Waals surface area (Å²) in [5.74, 6) is 0.658. The van der Waals surface area contributed by atoms with Crippen LogP contribution in [0.15, 0.2) is 194 Å². The maximum absolute atomic E-state index is 7.25. The number of hydrogen-bond acceptors (Lipinski definition) is 1. The van der Waals surface area contributed by atoms with Gasteiger partial charge in [-0.15, -0.1) is 0 Å². The summed E-state index contributed by atoms with van der Waals surface area (Å²) in [6, 6.07) is 51.7. The minimum atomic E-state index is 0.658. The highest BCUT2D eigenvalue weighted by atomic mass is 15.1. The Morgan fingerprint density at radius 1 is 0.667 bits per heavy atom. The first kappa shape index (κ1) is 31.7. The molecule has 2 aromatic heterocycles. The van der Waals surface area contributed by atoms with Gasteiger partial charge < -0.3 is 10.3 Å². The van der Waals surface area contributed by atoms with Gasteiger partial charge in [-0.3, -0.25) is 4.57 Å². The number of nitrogens with zero attached hydrogens (tertiary/aromatic N) is 2. The van der Waals surface area contributed by atoms with Crippen molar-refractivity contribution in [2.24, 2.45) is 5.73 Å². The second-order valence-electron chi connectivity index (χ2n) is 12.8. The van der Waals surface area contributed by atoms with E-state index in [1.165, 1.54) is 38.2 Å². The van der Waals surface area contributed by atoms with Crippen molar-refractivity contribution >= 4 is 55.0 Å². The molecule has 0 unspecified atom stereocenters. The van der Waals surface area contributed by atoms with E-state index in [2.05, 4.69) is 186 Å². The van der Waals surface area contributed by atoms with E-state index in [0.717, 1.165) is 45.4 Å². The van der Waals surface area contributed by atoms with Crippen LogP contribution in [0.4, 0.5) is 0 Å². The molecule has 8 rings (SSSR count). The molecule has 0 fully saturated rings.